The second-order valence-corrected chi connectivity index (χ2v) is 3.37. The van der Waals surface area contributed by atoms with Gasteiger partial charge < -0.3 is 0 Å². The quantitative estimate of drug-likeness (QED) is 0.570. The fraction of sp³-hybridized carbons (Fsp3) is 0.100. The first-order valence-corrected chi connectivity index (χ1v) is 4.41. The van der Waals surface area contributed by atoms with Gasteiger partial charge in [-0.15, -0.1) is 6.58 Å². The monoisotopic (exact) mass is 224 g/mol. The fourth-order valence-corrected chi connectivity index (χ4v) is 1.40. The van der Waals surface area contributed by atoms with Gasteiger partial charge in [-0.1, -0.05) is 28.1 Å². The predicted octanol–water partition coefficient (Wildman–Crippen LogP) is 2.99. The zero-order chi connectivity index (χ0) is 8.97. The smallest absolute Gasteiger partial charge is 0.150 e. The zero-order valence-corrected chi connectivity index (χ0v) is 8.17. The van der Waals surface area contributed by atoms with Crippen molar-refractivity contribution in [3.05, 3.63) is 46.5 Å². The van der Waals surface area contributed by atoms with Crippen LogP contribution in [0.1, 0.15) is 15.9 Å². The molecule has 0 amide bonds. The predicted molar refractivity (Wildman–Crippen MR) is 53.4 cm³/mol. The lowest BCUT2D eigenvalue weighted by atomic mass is 10.1. The standard InChI is InChI=1S/C10H9BrO/c1-2-3-8-4-5-10(11)6-9(8)7-12/h2,4-7H,1,3H2. The van der Waals surface area contributed by atoms with E-state index in [0.717, 1.165) is 28.3 Å². The van der Waals surface area contributed by atoms with Gasteiger partial charge in [-0.3, -0.25) is 4.79 Å². The normalized spacial score (nSPS) is 9.42. The average Bonchev–Trinajstić information content (AvgIpc) is 2.08. The molecule has 0 aromatic heterocycles. The fourth-order valence-electron chi connectivity index (χ4n) is 1.02. The van der Waals surface area contributed by atoms with E-state index in [1.807, 2.05) is 18.2 Å². The summed E-state index contributed by atoms with van der Waals surface area (Å²) in [5, 5.41) is 0. The topological polar surface area (TPSA) is 17.1 Å². The van der Waals surface area contributed by atoms with E-state index in [2.05, 4.69) is 22.5 Å². The zero-order valence-electron chi connectivity index (χ0n) is 6.59. The van der Waals surface area contributed by atoms with Crippen LogP contribution in [0.25, 0.3) is 0 Å². The van der Waals surface area contributed by atoms with Gasteiger partial charge in [0.05, 0.1) is 0 Å². The second-order valence-electron chi connectivity index (χ2n) is 2.45. The number of aldehydes is 1. The summed E-state index contributed by atoms with van der Waals surface area (Å²) in [5.74, 6) is 0. The van der Waals surface area contributed by atoms with Gasteiger partial charge in [0.25, 0.3) is 0 Å². The Morgan fingerprint density at radius 1 is 1.50 bits per heavy atom. The first-order chi connectivity index (χ1) is 5.77. The lowest BCUT2D eigenvalue weighted by molar-refractivity contribution is 0.112. The minimum absolute atomic E-state index is 0.726. The Morgan fingerprint density at radius 3 is 2.83 bits per heavy atom. The summed E-state index contributed by atoms with van der Waals surface area (Å²) in [6.45, 7) is 3.63. The van der Waals surface area contributed by atoms with Crippen molar-refractivity contribution >= 4 is 22.2 Å². The molecule has 0 N–H and O–H groups in total. The lowest BCUT2D eigenvalue weighted by Gasteiger charge is -2.00. The molecule has 1 aromatic rings. The van der Waals surface area contributed by atoms with Crippen LogP contribution in [0, 0.1) is 0 Å². The van der Waals surface area contributed by atoms with Crippen molar-refractivity contribution in [2.45, 2.75) is 6.42 Å². The van der Waals surface area contributed by atoms with Crippen LogP contribution < -0.4 is 0 Å². The summed E-state index contributed by atoms with van der Waals surface area (Å²) >= 11 is 3.30. The largest absolute Gasteiger partial charge is 0.298 e. The van der Waals surface area contributed by atoms with Crippen molar-refractivity contribution in [2.24, 2.45) is 0 Å². The van der Waals surface area contributed by atoms with Gasteiger partial charge in [-0.2, -0.15) is 0 Å². The molecule has 12 heavy (non-hydrogen) atoms. The Kier molecular flexibility index (Phi) is 3.23. The van der Waals surface area contributed by atoms with Crippen LogP contribution in [-0.2, 0) is 6.42 Å². The van der Waals surface area contributed by atoms with E-state index < -0.39 is 0 Å². The van der Waals surface area contributed by atoms with Gasteiger partial charge in [0.1, 0.15) is 6.29 Å². The number of hydrogen-bond donors (Lipinski definition) is 0. The Morgan fingerprint density at radius 2 is 2.25 bits per heavy atom. The van der Waals surface area contributed by atoms with Crippen LogP contribution in [0.2, 0.25) is 0 Å². The number of allylic oxidation sites excluding steroid dienone is 1. The molecule has 1 rings (SSSR count). The Labute approximate surface area is 80.2 Å². The van der Waals surface area contributed by atoms with E-state index in [4.69, 9.17) is 0 Å². The summed E-state index contributed by atoms with van der Waals surface area (Å²) in [6.07, 6.45) is 3.39. The number of halogens is 1. The first kappa shape index (κ1) is 9.20. The molecule has 0 saturated carbocycles. The molecule has 1 nitrogen and oxygen atoms in total. The number of benzene rings is 1. The molecule has 0 unspecified atom stereocenters. The molecule has 0 saturated heterocycles. The SMILES string of the molecule is C=CCc1ccc(Br)cc1C=O. The Hall–Kier alpha value is -0.890. The van der Waals surface area contributed by atoms with E-state index in [9.17, 15) is 4.79 Å². The average molecular weight is 225 g/mol. The van der Waals surface area contributed by atoms with Crippen LogP contribution in [0.3, 0.4) is 0 Å². The summed E-state index contributed by atoms with van der Waals surface area (Å²) in [4.78, 5) is 10.6. The van der Waals surface area contributed by atoms with E-state index in [1.54, 1.807) is 6.08 Å². The minimum atomic E-state index is 0.726. The van der Waals surface area contributed by atoms with E-state index in [0.29, 0.717) is 0 Å². The summed E-state index contributed by atoms with van der Waals surface area (Å²) in [5.41, 5.74) is 1.74. The van der Waals surface area contributed by atoms with E-state index in [1.165, 1.54) is 0 Å². The summed E-state index contributed by atoms with van der Waals surface area (Å²) < 4.78 is 0.928. The lowest BCUT2D eigenvalue weighted by Crippen LogP contribution is -1.90. The van der Waals surface area contributed by atoms with E-state index in [-0.39, 0.29) is 0 Å². The van der Waals surface area contributed by atoms with Crippen LogP contribution >= 0.6 is 15.9 Å². The van der Waals surface area contributed by atoms with Crippen molar-refractivity contribution in [3.8, 4) is 0 Å². The van der Waals surface area contributed by atoms with Crippen molar-refractivity contribution in [1.82, 2.24) is 0 Å². The van der Waals surface area contributed by atoms with Crippen LogP contribution in [0.15, 0.2) is 35.3 Å². The third-order valence-electron chi connectivity index (χ3n) is 1.60. The molecule has 62 valence electrons. The first-order valence-electron chi connectivity index (χ1n) is 3.62. The third kappa shape index (κ3) is 2.05. The number of rotatable bonds is 3. The van der Waals surface area contributed by atoms with Gasteiger partial charge in [-0.25, -0.2) is 0 Å². The molecule has 2 heteroatoms. The minimum Gasteiger partial charge on any atom is -0.298 e. The van der Waals surface area contributed by atoms with Crippen LogP contribution in [-0.4, -0.2) is 6.29 Å². The molecule has 0 atom stereocenters. The highest BCUT2D eigenvalue weighted by Crippen LogP contribution is 2.15. The number of carbonyl (C=O) groups excluding carboxylic acids is 1. The molecule has 0 radical (unpaired) electrons. The molecule has 0 fully saturated rings. The van der Waals surface area contributed by atoms with Crippen LogP contribution in [0.5, 0.6) is 0 Å². The van der Waals surface area contributed by atoms with Crippen molar-refractivity contribution in [3.63, 3.8) is 0 Å². The van der Waals surface area contributed by atoms with Gasteiger partial charge in [0.15, 0.2) is 0 Å². The van der Waals surface area contributed by atoms with Crippen molar-refractivity contribution in [1.29, 1.82) is 0 Å². The van der Waals surface area contributed by atoms with Gasteiger partial charge in [0.2, 0.25) is 0 Å². The van der Waals surface area contributed by atoms with E-state index >= 15 is 0 Å². The molecule has 0 aliphatic heterocycles. The summed E-state index contributed by atoms with van der Waals surface area (Å²) in [6, 6.07) is 5.66. The molecular weight excluding hydrogens is 216 g/mol. The summed E-state index contributed by atoms with van der Waals surface area (Å²) in [7, 11) is 0. The maximum atomic E-state index is 10.6. The highest BCUT2D eigenvalue weighted by atomic mass is 79.9. The number of carbonyl (C=O) groups is 1. The highest BCUT2D eigenvalue weighted by molar-refractivity contribution is 9.10. The number of hydrogen-bond acceptors (Lipinski definition) is 1. The van der Waals surface area contributed by atoms with Crippen molar-refractivity contribution in [2.75, 3.05) is 0 Å². The van der Waals surface area contributed by atoms with Crippen LogP contribution in [0.4, 0.5) is 0 Å². The Bertz CT molecular complexity index is 305. The van der Waals surface area contributed by atoms with Gasteiger partial charge >= 0.3 is 0 Å². The molecule has 0 spiro atoms. The Balaban J connectivity index is 3.10. The van der Waals surface area contributed by atoms with Gasteiger partial charge in [-0.05, 0) is 24.1 Å². The second kappa shape index (κ2) is 4.21. The molecule has 0 bridgehead atoms. The third-order valence-corrected chi connectivity index (χ3v) is 2.09. The molecular formula is C10H9BrO. The maximum Gasteiger partial charge on any atom is 0.150 e. The molecule has 0 aliphatic rings. The molecule has 1 aromatic carbocycles. The maximum absolute atomic E-state index is 10.6. The molecule has 0 heterocycles. The van der Waals surface area contributed by atoms with Gasteiger partial charge in [0, 0.05) is 10.0 Å². The molecule has 0 aliphatic carbocycles. The highest BCUT2D eigenvalue weighted by Gasteiger charge is 1.99. The van der Waals surface area contributed by atoms with Crippen molar-refractivity contribution < 1.29 is 4.79 Å².